The van der Waals surface area contributed by atoms with E-state index in [0.717, 1.165) is 4.47 Å². The molecule has 1 atom stereocenters. The minimum absolute atomic E-state index is 0.235. The van der Waals surface area contributed by atoms with Gasteiger partial charge in [0.2, 0.25) is 0 Å². The molecule has 2 aromatic rings. The third-order valence-corrected chi connectivity index (χ3v) is 2.94. The summed E-state index contributed by atoms with van der Waals surface area (Å²) in [6, 6.07) is 6.11. The van der Waals surface area contributed by atoms with E-state index in [1.165, 1.54) is 12.3 Å². The van der Waals surface area contributed by atoms with Crippen LogP contribution in [0.4, 0.5) is 4.39 Å². The van der Waals surface area contributed by atoms with Gasteiger partial charge in [-0.15, -0.1) is 0 Å². The lowest BCUT2D eigenvalue weighted by Crippen LogP contribution is -2.02. The average molecular weight is 285 g/mol. The highest BCUT2D eigenvalue weighted by Gasteiger charge is 2.18. The molecule has 1 aromatic carbocycles. The molecule has 0 aliphatic heterocycles. The first-order valence-corrected chi connectivity index (χ1v) is 5.56. The summed E-state index contributed by atoms with van der Waals surface area (Å²) < 4.78 is 19.3. The number of hydrogen-bond acceptors (Lipinski definition) is 2. The van der Waals surface area contributed by atoms with Gasteiger partial charge in [0.25, 0.3) is 0 Å². The second kappa shape index (κ2) is 4.39. The van der Waals surface area contributed by atoms with Gasteiger partial charge >= 0.3 is 0 Å². The molecule has 1 unspecified atom stereocenters. The first kappa shape index (κ1) is 11.4. The van der Waals surface area contributed by atoms with E-state index in [9.17, 15) is 9.50 Å². The van der Waals surface area contributed by atoms with Gasteiger partial charge < -0.3 is 9.52 Å². The fraction of sp³-hybridized carbons (Fsp3) is 0.167. The summed E-state index contributed by atoms with van der Waals surface area (Å²) in [4.78, 5) is 0. The van der Waals surface area contributed by atoms with E-state index in [2.05, 4.69) is 15.9 Å². The first-order valence-electron chi connectivity index (χ1n) is 4.76. The molecule has 0 spiro atoms. The van der Waals surface area contributed by atoms with Crippen molar-refractivity contribution in [1.29, 1.82) is 0 Å². The SMILES string of the molecule is Cc1occc1C(O)c1cc(Br)ccc1F. The summed E-state index contributed by atoms with van der Waals surface area (Å²) >= 11 is 3.25. The van der Waals surface area contributed by atoms with Gasteiger partial charge in [0.1, 0.15) is 17.7 Å². The Morgan fingerprint density at radius 3 is 2.69 bits per heavy atom. The first-order chi connectivity index (χ1) is 7.59. The maximum Gasteiger partial charge on any atom is 0.129 e. The Morgan fingerprint density at radius 1 is 1.31 bits per heavy atom. The van der Waals surface area contributed by atoms with Crippen LogP contribution in [-0.4, -0.2) is 5.11 Å². The smallest absolute Gasteiger partial charge is 0.129 e. The van der Waals surface area contributed by atoms with Crippen molar-refractivity contribution in [3.05, 3.63) is 57.7 Å². The second-order valence-corrected chi connectivity index (χ2v) is 4.42. The predicted molar refractivity (Wildman–Crippen MR) is 61.6 cm³/mol. The Balaban J connectivity index is 2.45. The summed E-state index contributed by atoms with van der Waals surface area (Å²) in [5.41, 5.74) is 0.816. The van der Waals surface area contributed by atoms with E-state index >= 15 is 0 Å². The number of aliphatic hydroxyl groups excluding tert-OH is 1. The van der Waals surface area contributed by atoms with Crippen LogP contribution in [0.5, 0.6) is 0 Å². The molecule has 84 valence electrons. The maximum atomic E-state index is 13.5. The Hall–Kier alpha value is -1.13. The van der Waals surface area contributed by atoms with Gasteiger partial charge in [0.05, 0.1) is 6.26 Å². The molecule has 0 radical (unpaired) electrons. The van der Waals surface area contributed by atoms with E-state index in [4.69, 9.17) is 4.42 Å². The number of rotatable bonds is 2. The number of aliphatic hydroxyl groups is 1. The molecule has 0 fully saturated rings. The summed E-state index contributed by atoms with van der Waals surface area (Å²) in [7, 11) is 0. The van der Waals surface area contributed by atoms with Crippen LogP contribution in [-0.2, 0) is 0 Å². The molecule has 1 heterocycles. The second-order valence-electron chi connectivity index (χ2n) is 3.50. The Bertz CT molecular complexity index is 507. The van der Waals surface area contributed by atoms with Gasteiger partial charge in [0, 0.05) is 15.6 Å². The largest absolute Gasteiger partial charge is 0.469 e. The lowest BCUT2D eigenvalue weighted by atomic mass is 10.0. The van der Waals surface area contributed by atoms with Crippen LogP contribution >= 0.6 is 15.9 Å². The van der Waals surface area contributed by atoms with Crippen molar-refractivity contribution in [2.45, 2.75) is 13.0 Å². The lowest BCUT2D eigenvalue weighted by molar-refractivity contribution is 0.212. The van der Waals surface area contributed by atoms with Gasteiger partial charge in [-0.3, -0.25) is 0 Å². The lowest BCUT2D eigenvalue weighted by Gasteiger charge is -2.11. The molecule has 0 aliphatic carbocycles. The van der Waals surface area contributed by atoms with Crippen molar-refractivity contribution in [1.82, 2.24) is 0 Å². The Kier molecular flexibility index (Phi) is 3.12. The molecule has 4 heteroatoms. The highest BCUT2D eigenvalue weighted by molar-refractivity contribution is 9.10. The van der Waals surface area contributed by atoms with Crippen molar-refractivity contribution in [3.8, 4) is 0 Å². The van der Waals surface area contributed by atoms with Crippen molar-refractivity contribution in [2.24, 2.45) is 0 Å². The standard InChI is InChI=1S/C12H10BrFO2/c1-7-9(4-5-16-7)12(15)10-6-8(13)2-3-11(10)14/h2-6,12,15H,1H3. The van der Waals surface area contributed by atoms with Gasteiger partial charge in [-0.25, -0.2) is 4.39 Å². The highest BCUT2D eigenvalue weighted by atomic mass is 79.9. The average Bonchev–Trinajstić information content (AvgIpc) is 2.67. The predicted octanol–water partition coefficient (Wildman–Crippen LogP) is 3.57. The minimum atomic E-state index is -1.00. The van der Waals surface area contributed by atoms with E-state index in [1.807, 2.05) is 0 Å². The van der Waals surface area contributed by atoms with Crippen LogP contribution in [0.3, 0.4) is 0 Å². The summed E-state index contributed by atoms with van der Waals surface area (Å²) in [6.07, 6.45) is 0.472. The van der Waals surface area contributed by atoms with E-state index < -0.39 is 11.9 Å². The normalized spacial score (nSPS) is 12.8. The molecule has 1 aromatic heterocycles. The molecule has 0 aliphatic rings. The molecular weight excluding hydrogens is 275 g/mol. The van der Waals surface area contributed by atoms with Crippen molar-refractivity contribution < 1.29 is 13.9 Å². The molecule has 0 amide bonds. The van der Waals surface area contributed by atoms with Crippen molar-refractivity contribution in [2.75, 3.05) is 0 Å². The van der Waals surface area contributed by atoms with Crippen molar-refractivity contribution in [3.63, 3.8) is 0 Å². The fourth-order valence-corrected chi connectivity index (χ4v) is 1.95. The van der Waals surface area contributed by atoms with Crippen LogP contribution in [0.15, 0.2) is 39.4 Å². The van der Waals surface area contributed by atoms with E-state index in [-0.39, 0.29) is 5.56 Å². The summed E-state index contributed by atoms with van der Waals surface area (Å²) in [5, 5.41) is 10.0. The maximum absolute atomic E-state index is 13.5. The monoisotopic (exact) mass is 284 g/mol. The van der Waals surface area contributed by atoms with Crippen LogP contribution in [0, 0.1) is 12.7 Å². The zero-order valence-electron chi connectivity index (χ0n) is 8.58. The molecule has 16 heavy (non-hydrogen) atoms. The number of halogens is 2. The van der Waals surface area contributed by atoms with E-state index in [1.54, 1.807) is 25.1 Å². The van der Waals surface area contributed by atoms with Gasteiger partial charge in [-0.05, 0) is 31.2 Å². The van der Waals surface area contributed by atoms with Crippen LogP contribution in [0.25, 0.3) is 0 Å². The summed E-state index contributed by atoms with van der Waals surface area (Å²) in [6.45, 7) is 1.73. The molecule has 1 N–H and O–H groups in total. The number of benzene rings is 1. The third kappa shape index (κ3) is 2.03. The Morgan fingerprint density at radius 2 is 2.06 bits per heavy atom. The minimum Gasteiger partial charge on any atom is -0.469 e. The van der Waals surface area contributed by atoms with Gasteiger partial charge in [0.15, 0.2) is 0 Å². The summed E-state index contributed by atoms with van der Waals surface area (Å²) in [5.74, 6) is 0.156. The topological polar surface area (TPSA) is 33.4 Å². The molecule has 0 saturated carbocycles. The Labute approximate surface area is 101 Å². The molecule has 0 bridgehead atoms. The number of aryl methyl sites for hydroxylation is 1. The van der Waals surface area contributed by atoms with Crippen LogP contribution in [0.1, 0.15) is 23.0 Å². The zero-order chi connectivity index (χ0) is 11.7. The van der Waals surface area contributed by atoms with Gasteiger partial charge in [-0.2, -0.15) is 0 Å². The molecule has 2 rings (SSSR count). The van der Waals surface area contributed by atoms with Crippen LogP contribution in [0.2, 0.25) is 0 Å². The van der Waals surface area contributed by atoms with Gasteiger partial charge in [-0.1, -0.05) is 15.9 Å². The number of furan rings is 1. The molecule has 2 nitrogen and oxygen atoms in total. The fourth-order valence-electron chi connectivity index (χ4n) is 1.57. The zero-order valence-corrected chi connectivity index (χ0v) is 10.2. The molecular formula is C12H10BrFO2. The third-order valence-electron chi connectivity index (χ3n) is 2.45. The molecule has 0 saturated heterocycles. The van der Waals surface area contributed by atoms with E-state index in [0.29, 0.717) is 11.3 Å². The highest BCUT2D eigenvalue weighted by Crippen LogP contribution is 2.29. The number of hydrogen-bond donors (Lipinski definition) is 1. The van der Waals surface area contributed by atoms with Crippen LogP contribution < -0.4 is 0 Å². The quantitative estimate of drug-likeness (QED) is 0.915. The van der Waals surface area contributed by atoms with Crippen molar-refractivity contribution >= 4 is 15.9 Å².